The number of halogens is 2. The molecular formula is C21H30ClIN4O2S. The zero-order valence-corrected chi connectivity index (χ0v) is 21.6. The fraction of sp³-hybridized carbons (Fsp3) is 0.381. The molecule has 0 aliphatic rings. The highest BCUT2D eigenvalue weighted by atomic mass is 127. The summed E-state index contributed by atoms with van der Waals surface area (Å²) in [6.07, 6.45) is 0.788. The lowest BCUT2D eigenvalue weighted by Crippen LogP contribution is -2.37. The van der Waals surface area contributed by atoms with Crippen LogP contribution in [-0.4, -0.2) is 45.4 Å². The van der Waals surface area contributed by atoms with Gasteiger partial charge in [0.2, 0.25) is 10.0 Å². The number of guanidine groups is 1. The van der Waals surface area contributed by atoms with Crippen LogP contribution in [0.5, 0.6) is 0 Å². The number of hydrogen-bond acceptors (Lipinski definition) is 3. The maximum absolute atomic E-state index is 12.5. The Morgan fingerprint density at radius 1 is 1.10 bits per heavy atom. The van der Waals surface area contributed by atoms with E-state index in [-0.39, 0.29) is 30.0 Å². The van der Waals surface area contributed by atoms with Crippen LogP contribution in [0, 0.1) is 0 Å². The highest BCUT2D eigenvalue weighted by Gasteiger charge is 2.22. The summed E-state index contributed by atoms with van der Waals surface area (Å²) < 4.78 is 26.4. The van der Waals surface area contributed by atoms with Gasteiger partial charge in [-0.05, 0) is 49.6 Å². The average Bonchev–Trinajstić information content (AvgIpc) is 2.71. The van der Waals surface area contributed by atoms with Gasteiger partial charge in [-0.15, -0.1) is 24.0 Å². The Balaban J connectivity index is 0.00000450. The lowest BCUT2D eigenvalue weighted by atomic mass is 10.1. The van der Waals surface area contributed by atoms with Crippen LogP contribution in [0.4, 0.5) is 0 Å². The topological polar surface area (TPSA) is 73.8 Å². The fourth-order valence-electron chi connectivity index (χ4n) is 2.65. The molecule has 166 valence electrons. The smallest absolute Gasteiger partial charge is 0.243 e. The zero-order chi connectivity index (χ0) is 21.4. The Labute approximate surface area is 202 Å². The number of benzene rings is 2. The van der Waals surface area contributed by atoms with Gasteiger partial charge in [-0.25, -0.2) is 8.42 Å². The van der Waals surface area contributed by atoms with E-state index in [1.54, 1.807) is 26.2 Å². The molecule has 2 aromatic rings. The van der Waals surface area contributed by atoms with E-state index in [9.17, 15) is 8.42 Å². The second-order valence-electron chi connectivity index (χ2n) is 6.95. The van der Waals surface area contributed by atoms with E-state index >= 15 is 0 Å². The minimum absolute atomic E-state index is 0. The van der Waals surface area contributed by atoms with E-state index in [2.05, 4.69) is 15.6 Å². The molecule has 0 amide bonds. The van der Waals surface area contributed by atoms with Crippen molar-refractivity contribution in [1.82, 2.24) is 14.9 Å². The van der Waals surface area contributed by atoms with Crippen LogP contribution in [0.1, 0.15) is 25.0 Å². The Morgan fingerprint density at radius 2 is 1.73 bits per heavy atom. The molecule has 2 N–H and O–H groups in total. The summed E-state index contributed by atoms with van der Waals surface area (Å²) in [5.74, 6) is 0.674. The van der Waals surface area contributed by atoms with E-state index in [0.717, 1.165) is 22.6 Å². The fourth-order valence-corrected chi connectivity index (χ4v) is 4.24. The van der Waals surface area contributed by atoms with Crippen LogP contribution in [0.15, 0.2) is 58.4 Å². The zero-order valence-electron chi connectivity index (χ0n) is 17.7. The van der Waals surface area contributed by atoms with Gasteiger partial charge in [0.15, 0.2) is 5.96 Å². The normalized spacial score (nSPS) is 12.0. The molecule has 9 heteroatoms. The monoisotopic (exact) mass is 564 g/mol. The van der Waals surface area contributed by atoms with Gasteiger partial charge in [-0.2, -0.15) is 4.31 Å². The molecule has 0 atom stereocenters. The minimum Gasteiger partial charge on any atom is -0.356 e. The predicted molar refractivity (Wildman–Crippen MR) is 135 cm³/mol. The van der Waals surface area contributed by atoms with E-state index in [1.807, 2.05) is 50.2 Å². The highest BCUT2D eigenvalue weighted by molar-refractivity contribution is 14.0. The van der Waals surface area contributed by atoms with E-state index < -0.39 is 10.0 Å². The molecule has 0 fully saturated rings. The molecule has 0 saturated heterocycles. The van der Waals surface area contributed by atoms with Crippen LogP contribution in [0.25, 0.3) is 0 Å². The van der Waals surface area contributed by atoms with Crippen molar-refractivity contribution in [2.45, 2.75) is 37.8 Å². The second-order valence-corrected chi connectivity index (χ2v) is 9.36. The van der Waals surface area contributed by atoms with Crippen molar-refractivity contribution in [3.63, 3.8) is 0 Å². The first kappa shape index (κ1) is 26.7. The lowest BCUT2D eigenvalue weighted by molar-refractivity contribution is 0.410. The van der Waals surface area contributed by atoms with E-state index in [1.165, 1.54) is 4.31 Å². The van der Waals surface area contributed by atoms with Crippen molar-refractivity contribution in [3.05, 3.63) is 64.7 Å². The molecule has 0 heterocycles. The van der Waals surface area contributed by atoms with Gasteiger partial charge in [0.1, 0.15) is 0 Å². The minimum atomic E-state index is -3.47. The lowest BCUT2D eigenvalue weighted by Gasteiger charge is -2.21. The Hall–Kier alpha value is -1.36. The van der Waals surface area contributed by atoms with Gasteiger partial charge >= 0.3 is 0 Å². The van der Waals surface area contributed by atoms with Gasteiger partial charge in [0.25, 0.3) is 0 Å². The van der Waals surface area contributed by atoms with Crippen molar-refractivity contribution in [2.24, 2.45) is 4.99 Å². The van der Waals surface area contributed by atoms with Gasteiger partial charge in [-0.1, -0.05) is 41.9 Å². The third-order valence-corrected chi connectivity index (χ3v) is 7.07. The Kier molecular flexibility index (Phi) is 11.1. The van der Waals surface area contributed by atoms with Crippen LogP contribution in [0.2, 0.25) is 5.02 Å². The van der Waals surface area contributed by atoms with Crippen molar-refractivity contribution in [1.29, 1.82) is 0 Å². The number of nitrogens with zero attached hydrogens (tertiary/aromatic N) is 2. The van der Waals surface area contributed by atoms with Crippen molar-refractivity contribution < 1.29 is 8.42 Å². The number of sulfonamides is 1. The van der Waals surface area contributed by atoms with Gasteiger partial charge in [0.05, 0.1) is 4.90 Å². The Morgan fingerprint density at radius 3 is 2.30 bits per heavy atom. The average molecular weight is 565 g/mol. The molecule has 0 unspecified atom stereocenters. The molecular weight excluding hydrogens is 535 g/mol. The summed E-state index contributed by atoms with van der Waals surface area (Å²) in [6, 6.07) is 14.6. The standard InChI is InChI=1S/C21H29ClN4O2S.HI/c1-16(2)26(4)29(27,28)19-11-9-17(10-12-19)15-25-21(23-3)24-14-13-18-7-5-6-8-20(18)22;/h5-12,16H,13-15H2,1-4H3,(H2,23,24,25);1H. The maximum Gasteiger partial charge on any atom is 0.243 e. The van der Waals surface area contributed by atoms with E-state index in [0.29, 0.717) is 23.9 Å². The second kappa shape index (κ2) is 12.5. The first-order valence-electron chi connectivity index (χ1n) is 9.50. The maximum atomic E-state index is 12.5. The molecule has 30 heavy (non-hydrogen) atoms. The van der Waals surface area contributed by atoms with Crippen molar-refractivity contribution in [3.8, 4) is 0 Å². The molecule has 0 spiro atoms. The van der Waals surface area contributed by atoms with Gasteiger partial charge in [0, 0.05) is 38.2 Å². The highest BCUT2D eigenvalue weighted by Crippen LogP contribution is 2.17. The number of rotatable bonds is 8. The molecule has 0 aliphatic heterocycles. The summed E-state index contributed by atoms with van der Waals surface area (Å²) >= 11 is 6.18. The SMILES string of the molecule is CN=C(NCCc1ccccc1Cl)NCc1ccc(S(=O)(=O)N(C)C(C)C)cc1.I. The molecule has 2 rings (SSSR count). The number of aliphatic imine (C=N–C) groups is 1. The van der Waals surface area contributed by atoms with Crippen LogP contribution < -0.4 is 10.6 Å². The van der Waals surface area contributed by atoms with Crippen molar-refractivity contribution >= 4 is 51.6 Å². The molecule has 0 aliphatic carbocycles. The summed E-state index contributed by atoms with van der Waals surface area (Å²) in [5.41, 5.74) is 2.05. The molecule has 0 aromatic heterocycles. The quantitative estimate of drug-likeness (QED) is 0.290. The van der Waals surface area contributed by atoms with Crippen molar-refractivity contribution in [2.75, 3.05) is 20.6 Å². The third kappa shape index (κ3) is 7.40. The van der Waals surface area contributed by atoms with Gasteiger partial charge < -0.3 is 10.6 Å². The van der Waals surface area contributed by atoms with E-state index in [4.69, 9.17) is 11.6 Å². The summed E-state index contributed by atoms with van der Waals surface area (Å²) in [4.78, 5) is 4.51. The molecule has 2 aromatic carbocycles. The summed E-state index contributed by atoms with van der Waals surface area (Å²) in [5, 5.41) is 7.25. The van der Waals surface area contributed by atoms with Gasteiger partial charge in [-0.3, -0.25) is 4.99 Å². The summed E-state index contributed by atoms with van der Waals surface area (Å²) in [6.45, 7) is 4.93. The first-order chi connectivity index (χ1) is 13.8. The summed E-state index contributed by atoms with van der Waals surface area (Å²) in [7, 11) is -0.165. The number of nitrogens with one attached hydrogen (secondary N) is 2. The Bertz CT molecular complexity index is 934. The molecule has 0 saturated carbocycles. The van der Waals surface area contributed by atoms with Crippen LogP contribution >= 0.6 is 35.6 Å². The molecule has 0 bridgehead atoms. The molecule has 6 nitrogen and oxygen atoms in total. The first-order valence-corrected chi connectivity index (χ1v) is 11.3. The third-order valence-electron chi connectivity index (χ3n) is 4.66. The number of hydrogen-bond donors (Lipinski definition) is 2. The van der Waals surface area contributed by atoms with Crippen LogP contribution in [0.3, 0.4) is 0 Å². The largest absolute Gasteiger partial charge is 0.356 e. The molecule has 0 radical (unpaired) electrons. The predicted octanol–water partition coefficient (Wildman–Crippen LogP) is 3.89. The van der Waals surface area contributed by atoms with Crippen LogP contribution in [-0.2, 0) is 23.0 Å².